The first kappa shape index (κ1) is 19.0. The van der Waals surface area contributed by atoms with E-state index in [4.69, 9.17) is 0 Å². The van der Waals surface area contributed by atoms with Gasteiger partial charge in [0.05, 0.1) is 0 Å². The fourth-order valence-corrected chi connectivity index (χ4v) is 5.23. The standard InChI is InChI=1S/C22H28N2O4/c25-20(23-13-3-6-15-5-1-2-7-18(15)23)16-9-11-17(12-10-16)21(26)24-14-4-8-19(24)22(27)28/h9-12,15,18-19H,1-8,13-14H2,(H,27,28)/t15-,18-,19?/m0/s1. The molecule has 1 aromatic rings. The van der Waals surface area contributed by atoms with Crippen LogP contribution in [0.4, 0.5) is 0 Å². The number of piperidine rings is 1. The second-order valence-corrected chi connectivity index (χ2v) is 8.32. The molecule has 28 heavy (non-hydrogen) atoms. The van der Waals surface area contributed by atoms with E-state index in [9.17, 15) is 19.5 Å². The van der Waals surface area contributed by atoms with Gasteiger partial charge in [0.2, 0.25) is 0 Å². The van der Waals surface area contributed by atoms with Gasteiger partial charge in [-0.25, -0.2) is 4.79 Å². The zero-order valence-corrected chi connectivity index (χ0v) is 16.2. The minimum atomic E-state index is -0.954. The molecule has 6 heteroatoms. The summed E-state index contributed by atoms with van der Waals surface area (Å²) in [7, 11) is 0. The van der Waals surface area contributed by atoms with Crippen LogP contribution in [0, 0.1) is 5.92 Å². The van der Waals surface area contributed by atoms with Crippen molar-refractivity contribution in [3.8, 4) is 0 Å². The summed E-state index contributed by atoms with van der Waals surface area (Å²) in [6, 6.07) is 6.37. The van der Waals surface area contributed by atoms with E-state index in [1.807, 2.05) is 4.90 Å². The zero-order valence-electron chi connectivity index (χ0n) is 16.2. The first-order valence-corrected chi connectivity index (χ1v) is 10.5. The zero-order chi connectivity index (χ0) is 19.7. The van der Waals surface area contributed by atoms with Crippen molar-refractivity contribution < 1.29 is 19.5 Å². The van der Waals surface area contributed by atoms with E-state index < -0.39 is 12.0 Å². The summed E-state index contributed by atoms with van der Waals surface area (Å²) in [6.45, 7) is 1.28. The van der Waals surface area contributed by atoms with E-state index in [2.05, 4.69) is 0 Å². The Labute approximate surface area is 165 Å². The van der Waals surface area contributed by atoms with E-state index in [1.54, 1.807) is 24.3 Å². The highest BCUT2D eigenvalue weighted by Crippen LogP contribution is 2.36. The Hall–Kier alpha value is -2.37. The summed E-state index contributed by atoms with van der Waals surface area (Å²) < 4.78 is 0. The van der Waals surface area contributed by atoms with Crippen molar-refractivity contribution >= 4 is 17.8 Å². The molecule has 3 aliphatic rings. The van der Waals surface area contributed by atoms with Gasteiger partial charge in [0.25, 0.3) is 11.8 Å². The topological polar surface area (TPSA) is 77.9 Å². The van der Waals surface area contributed by atoms with Gasteiger partial charge >= 0.3 is 5.97 Å². The third kappa shape index (κ3) is 3.52. The largest absolute Gasteiger partial charge is 0.480 e. The van der Waals surface area contributed by atoms with Crippen LogP contribution in [-0.4, -0.2) is 57.9 Å². The molecule has 3 atom stereocenters. The number of nitrogens with zero attached hydrogens (tertiary/aromatic N) is 2. The van der Waals surface area contributed by atoms with E-state index in [1.165, 1.54) is 30.6 Å². The van der Waals surface area contributed by atoms with Crippen LogP contribution in [0.15, 0.2) is 24.3 Å². The molecule has 1 saturated carbocycles. The molecule has 2 aliphatic heterocycles. The van der Waals surface area contributed by atoms with E-state index in [-0.39, 0.29) is 11.8 Å². The SMILES string of the molecule is O=C(O)C1CCCN1C(=O)c1ccc(C(=O)N2CCC[C@@H]3CCCC[C@@H]32)cc1. The maximum absolute atomic E-state index is 13.1. The van der Waals surface area contributed by atoms with Crippen molar-refractivity contribution in [2.45, 2.75) is 63.5 Å². The van der Waals surface area contributed by atoms with Crippen LogP contribution in [0.5, 0.6) is 0 Å². The van der Waals surface area contributed by atoms with Crippen LogP contribution >= 0.6 is 0 Å². The van der Waals surface area contributed by atoms with Crippen molar-refractivity contribution in [2.24, 2.45) is 5.92 Å². The average Bonchev–Trinajstić information content (AvgIpc) is 3.23. The lowest BCUT2D eigenvalue weighted by Gasteiger charge is -2.44. The number of carbonyl (C=O) groups excluding carboxylic acids is 2. The number of aliphatic carboxylic acids is 1. The summed E-state index contributed by atoms with van der Waals surface area (Å²) >= 11 is 0. The summed E-state index contributed by atoms with van der Waals surface area (Å²) in [6.07, 6.45) is 8.28. The minimum Gasteiger partial charge on any atom is -0.480 e. The number of likely N-dealkylation sites (tertiary alicyclic amines) is 2. The summed E-state index contributed by atoms with van der Waals surface area (Å²) in [5, 5.41) is 9.29. The van der Waals surface area contributed by atoms with Crippen molar-refractivity contribution in [1.29, 1.82) is 0 Å². The van der Waals surface area contributed by atoms with Gasteiger partial charge in [-0.2, -0.15) is 0 Å². The van der Waals surface area contributed by atoms with Crippen LogP contribution in [0.2, 0.25) is 0 Å². The van der Waals surface area contributed by atoms with Crippen LogP contribution in [0.1, 0.15) is 72.1 Å². The molecule has 0 radical (unpaired) electrons. The smallest absolute Gasteiger partial charge is 0.326 e. The van der Waals surface area contributed by atoms with Crippen molar-refractivity contribution in [2.75, 3.05) is 13.1 Å². The lowest BCUT2D eigenvalue weighted by atomic mass is 9.78. The van der Waals surface area contributed by atoms with E-state index in [0.29, 0.717) is 42.5 Å². The highest BCUT2D eigenvalue weighted by atomic mass is 16.4. The molecular weight excluding hydrogens is 356 g/mol. The second kappa shape index (κ2) is 7.94. The Morgan fingerprint density at radius 2 is 1.29 bits per heavy atom. The average molecular weight is 384 g/mol. The van der Waals surface area contributed by atoms with Gasteiger partial charge in [-0.05, 0) is 68.7 Å². The first-order chi connectivity index (χ1) is 13.6. The van der Waals surface area contributed by atoms with Crippen LogP contribution < -0.4 is 0 Å². The molecule has 3 fully saturated rings. The summed E-state index contributed by atoms with van der Waals surface area (Å²) in [5.74, 6) is -0.533. The number of carboxylic acids is 1. The van der Waals surface area contributed by atoms with Crippen LogP contribution in [0.3, 0.4) is 0 Å². The van der Waals surface area contributed by atoms with Crippen molar-refractivity contribution in [3.63, 3.8) is 0 Å². The van der Waals surface area contributed by atoms with E-state index in [0.717, 1.165) is 19.4 Å². The lowest BCUT2D eigenvalue weighted by molar-refractivity contribution is -0.141. The number of amides is 2. The van der Waals surface area contributed by atoms with Crippen LogP contribution in [0.25, 0.3) is 0 Å². The van der Waals surface area contributed by atoms with Gasteiger partial charge in [0.1, 0.15) is 6.04 Å². The van der Waals surface area contributed by atoms with Gasteiger partial charge in [-0.15, -0.1) is 0 Å². The van der Waals surface area contributed by atoms with Gasteiger partial charge in [-0.1, -0.05) is 12.8 Å². The molecule has 6 nitrogen and oxygen atoms in total. The molecule has 1 aliphatic carbocycles. The number of carboxylic acid groups (broad SMARTS) is 1. The number of rotatable bonds is 3. The Morgan fingerprint density at radius 3 is 1.96 bits per heavy atom. The maximum Gasteiger partial charge on any atom is 0.326 e. The highest BCUT2D eigenvalue weighted by molar-refractivity contribution is 5.99. The molecule has 4 rings (SSSR count). The quantitative estimate of drug-likeness (QED) is 0.868. The number of benzene rings is 1. The molecule has 1 unspecified atom stereocenters. The second-order valence-electron chi connectivity index (χ2n) is 8.32. The Bertz CT molecular complexity index is 758. The van der Waals surface area contributed by atoms with Crippen LogP contribution in [-0.2, 0) is 4.79 Å². The van der Waals surface area contributed by atoms with Gasteiger partial charge in [0.15, 0.2) is 0 Å². The van der Waals surface area contributed by atoms with E-state index >= 15 is 0 Å². The number of hydrogen-bond donors (Lipinski definition) is 1. The molecule has 0 spiro atoms. The molecule has 150 valence electrons. The monoisotopic (exact) mass is 384 g/mol. The highest BCUT2D eigenvalue weighted by Gasteiger charge is 2.37. The molecule has 0 aromatic heterocycles. The van der Waals surface area contributed by atoms with Gasteiger partial charge < -0.3 is 14.9 Å². The molecule has 0 bridgehead atoms. The third-order valence-corrected chi connectivity index (χ3v) is 6.68. The van der Waals surface area contributed by atoms with Gasteiger partial charge in [0, 0.05) is 30.3 Å². The molecule has 2 heterocycles. The van der Waals surface area contributed by atoms with Crippen molar-refractivity contribution in [1.82, 2.24) is 9.80 Å². The third-order valence-electron chi connectivity index (χ3n) is 6.68. The molecule has 2 amide bonds. The Kier molecular flexibility index (Phi) is 5.38. The summed E-state index contributed by atoms with van der Waals surface area (Å²) in [5.41, 5.74) is 1.05. The molecule has 1 aromatic carbocycles. The number of carbonyl (C=O) groups is 3. The minimum absolute atomic E-state index is 0.0557. The molecular formula is C22H28N2O4. The predicted octanol–water partition coefficient (Wildman–Crippen LogP) is 3.17. The number of fused-ring (bicyclic) bond motifs is 1. The fraction of sp³-hybridized carbons (Fsp3) is 0.591. The van der Waals surface area contributed by atoms with Gasteiger partial charge in [-0.3, -0.25) is 9.59 Å². The van der Waals surface area contributed by atoms with Crippen molar-refractivity contribution in [3.05, 3.63) is 35.4 Å². The molecule has 1 N–H and O–H groups in total. The Balaban J connectivity index is 1.47. The lowest BCUT2D eigenvalue weighted by Crippen LogP contribution is -2.49. The maximum atomic E-state index is 13.1. The number of hydrogen-bond acceptors (Lipinski definition) is 3. The summed E-state index contributed by atoms with van der Waals surface area (Å²) in [4.78, 5) is 40.6. The first-order valence-electron chi connectivity index (χ1n) is 10.5. The fourth-order valence-electron chi connectivity index (χ4n) is 5.23. The molecule has 2 saturated heterocycles. The predicted molar refractivity (Wildman–Crippen MR) is 104 cm³/mol. The Morgan fingerprint density at radius 1 is 0.750 bits per heavy atom. The normalized spacial score (nSPS) is 27.4.